The van der Waals surface area contributed by atoms with Gasteiger partial charge in [-0.15, -0.1) is 0 Å². The molecule has 7 nitrogen and oxygen atoms in total. The summed E-state index contributed by atoms with van der Waals surface area (Å²) in [5.41, 5.74) is 1.40. The minimum absolute atomic E-state index is 0.386. The monoisotopic (exact) mass is 341 g/mol. The Morgan fingerprint density at radius 3 is 2.72 bits per heavy atom. The third-order valence-electron chi connectivity index (χ3n) is 4.68. The molecule has 25 heavy (non-hydrogen) atoms. The first kappa shape index (κ1) is 17.2. The van der Waals surface area contributed by atoms with Crippen LogP contribution < -0.4 is 9.64 Å². The number of rotatable bonds is 6. The lowest BCUT2D eigenvalue weighted by molar-refractivity contribution is 0.185. The summed E-state index contributed by atoms with van der Waals surface area (Å²) in [6.07, 6.45) is 7.57. The quantitative estimate of drug-likeness (QED) is 0.802. The molecule has 2 aromatic heterocycles. The smallest absolute Gasteiger partial charge is 0.233 e. The van der Waals surface area contributed by atoms with Gasteiger partial charge in [-0.05, 0) is 18.9 Å². The van der Waals surface area contributed by atoms with Gasteiger partial charge in [0.05, 0.1) is 19.4 Å². The summed E-state index contributed by atoms with van der Waals surface area (Å²) >= 11 is 0. The third-order valence-corrected chi connectivity index (χ3v) is 4.68. The first-order valence-electron chi connectivity index (χ1n) is 8.46. The summed E-state index contributed by atoms with van der Waals surface area (Å²) in [5.74, 6) is 1.94. The molecule has 0 aromatic carbocycles. The number of anilines is 1. The van der Waals surface area contributed by atoms with E-state index in [9.17, 15) is 5.26 Å². The van der Waals surface area contributed by atoms with Gasteiger partial charge in [-0.25, -0.2) is 9.97 Å². The van der Waals surface area contributed by atoms with Crippen LogP contribution in [0.15, 0.2) is 24.7 Å². The van der Waals surface area contributed by atoms with E-state index in [1.165, 1.54) is 0 Å². The molecule has 0 atom stereocenters. The Kier molecular flexibility index (Phi) is 5.51. The Labute approximate surface area is 147 Å². The summed E-state index contributed by atoms with van der Waals surface area (Å²) < 4.78 is 12.6. The Hall–Kier alpha value is -2.59. The van der Waals surface area contributed by atoms with Crippen LogP contribution in [-0.2, 0) is 11.3 Å². The second-order valence-corrected chi connectivity index (χ2v) is 6.06. The molecule has 132 valence electrons. The first-order chi connectivity index (χ1) is 12.3. The Bertz CT molecular complexity index is 744. The van der Waals surface area contributed by atoms with E-state index >= 15 is 0 Å². The zero-order chi connectivity index (χ0) is 17.6. The van der Waals surface area contributed by atoms with Crippen molar-refractivity contribution in [3.63, 3.8) is 0 Å². The standard InChI is InChI=1S/C18H23N5O2/c1-24-12-11-23-10-7-20-17(23)14-4-8-22(9-5-14)16-3-6-21-18(25-2)15(16)13-19/h3,6-7,10,14H,4-5,8-9,11-12H2,1-2H3. The fourth-order valence-electron chi connectivity index (χ4n) is 3.39. The summed E-state index contributed by atoms with van der Waals surface area (Å²) in [6.45, 7) is 3.27. The van der Waals surface area contributed by atoms with Crippen molar-refractivity contribution in [3.05, 3.63) is 36.0 Å². The van der Waals surface area contributed by atoms with Gasteiger partial charge in [0.2, 0.25) is 5.88 Å². The van der Waals surface area contributed by atoms with E-state index in [1.807, 2.05) is 18.5 Å². The fourth-order valence-corrected chi connectivity index (χ4v) is 3.39. The first-order valence-corrected chi connectivity index (χ1v) is 8.46. The maximum absolute atomic E-state index is 9.46. The highest BCUT2D eigenvalue weighted by Crippen LogP contribution is 2.33. The Morgan fingerprint density at radius 2 is 2.04 bits per heavy atom. The van der Waals surface area contributed by atoms with E-state index in [-0.39, 0.29) is 0 Å². The summed E-state index contributed by atoms with van der Waals surface area (Å²) in [7, 11) is 3.25. The van der Waals surface area contributed by atoms with Gasteiger partial charge < -0.3 is 18.9 Å². The SMILES string of the molecule is COCCn1ccnc1C1CCN(c2ccnc(OC)c2C#N)CC1. The number of methoxy groups -OCH3 is 2. The molecule has 0 spiro atoms. The van der Waals surface area contributed by atoms with Gasteiger partial charge in [0, 0.05) is 51.3 Å². The second-order valence-electron chi connectivity index (χ2n) is 6.06. The number of nitriles is 1. The van der Waals surface area contributed by atoms with Crippen LogP contribution in [0.4, 0.5) is 5.69 Å². The van der Waals surface area contributed by atoms with Gasteiger partial charge in [0.15, 0.2) is 0 Å². The summed E-state index contributed by atoms with van der Waals surface area (Å²) in [5, 5.41) is 9.46. The van der Waals surface area contributed by atoms with Crippen molar-refractivity contribution < 1.29 is 9.47 Å². The lowest BCUT2D eigenvalue weighted by Crippen LogP contribution is -2.34. The van der Waals surface area contributed by atoms with Gasteiger partial charge in [0.1, 0.15) is 17.5 Å². The van der Waals surface area contributed by atoms with E-state index in [2.05, 4.69) is 25.5 Å². The van der Waals surface area contributed by atoms with Crippen LogP contribution >= 0.6 is 0 Å². The lowest BCUT2D eigenvalue weighted by atomic mass is 9.95. The van der Waals surface area contributed by atoms with Crippen LogP contribution in [0, 0.1) is 11.3 Å². The van der Waals surface area contributed by atoms with Crippen LogP contribution in [0.2, 0.25) is 0 Å². The summed E-state index contributed by atoms with van der Waals surface area (Å²) in [6, 6.07) is 4.11. The number of hydrogen-bond acceptors (Lipinski definition) is 6. The maximum Gasteiger partial charge on any atom is 0.233 e. The van der Waals surface area contributed by atoms with Gasteiger partial charge in [0.25, 0.3) is 0 Å². The molecule has 1 saturated heterocycles. The molecule has 1 aliphatic rings. The number of nitrogens with zero attached hydrogens (tertiary/aromatic N) is 5. The van der Waals surface area contributed by atoms with Crippen LogP contribution in [0.5, 0.6) is 5.88 Å². The topological polar surface area (TPSA) is 76.2 Å². The Morgan fingerprint density at radius 1 is 1.24 bits per heavy atom. The number of piperidine rings is 1. The van der Waals surface area contributed by atoms with Crippen molar-refractivity contribution in [1.29, 1.82) is 5.26 Å². The predicted octanol–water partition coefficient (Wildman–Crippen LogP) is 2.19. The van der Waals surface area contributed by atoms with Gasteiger partial charge in [-0.1, -0.05) is 0 Å². The van der Waals surface area contributed by atoms with Crippen LogP contribution in [0.1, 0.15) is 30.1 Å². The molecule has 1 aliphatic heterocycles. The molecule has 0 unspecified atom stereocenters. The minimum Gasteiger partial charge on any atom is -0.480 e. The van der Waals surface area contributed by atoms with Crippen molar-refractivity contribution >= 4 is 5.69 Å². The lowest BCUT2D eigenvalue weighted by Gasteiger charge is -2.34. The van der Waals surface area contributed by atoms with Gasteiger partial charge in [-0.2, -0.15) is 5.26 Å². The molecule has 3 rings (SSSR count). The molecule has 0 N–H and O–H groups in total. The molecule has 0 radical (unpaired) electrons. The molecule has 3 heterocycles. The number of imidazole rings is 1. The summed E-state index contributed by atoms with van der Waals surface area (Å²) in [4.78, 5) is 10.9. The predicted molar refractivity (Wildman–Crippen MR) is 93.8 cm³/mol. The van der Waals surface area contributed by atoms with Crippen LogP contribution in [-0.4, -0.2) is 48.5 Å². The van der Waals surface area contributed by atoms with Crippen molar-refractivity contribution in [2.24, 2.45) is 0 Å². The average Bonchev–Trinajstić information content (AvgIpc) is 3.14. The van der Waals surface area contributed by atoms with Crippen LogP contribution in [0.3, 0.4) is 0 Å². The molecule has 0 saturated carbocycles. The molecule has 2 aromatic rings. The van der Waals surface area contributed by atoms with E-state index in [0.717, 1.165) is 44.0 Å². The van der Waals surface area contributed by atoms with E-state index in [1.54, 1.807) is 20.4 Å². The normalized spacial score (nSPS) is 15.2. The van der Waals surface area contributed by atoms with Crippen molar-refractivity contribution in [1.82, 2.24) is 14.5 Å². The maximum atomic E-state index is 9.46. The Balaban J connectivity index is 1.71. The number of pyridine rings is 1. The van der Waals surface area contributed by atoms with Gasteiger partial charge >= 0.3 is 0 Å². The highest BCUT2D eigenvalue weighted by atomic mass is 16.5. The molecular weight excluding hydrogens is 318 g/mol. The highest BCUT2D eigenvalue weighted by molar-refractivity contribution is 5.63. The zero-order valence-corrected chi connectivity index (χ0v) is 14.7. The number of hydrogen-bond donors (Lipinski definition) is 0. The molecule has 7 heteroatoms. The van der Waals surface area contributed by atoms with E-state index in [0.29, 0.717) is 24.0 Å². The van der Waals surface area contributed by atoms with E-state index < -0.39 is 0 Å². The number of ether oxygens (including phenoxy) is 2. The fraction of sp³-hybridized carbons (Fsp3) is 0.500. The minimum atomic E-state index is 0.386. The molecule has 0 aliphatic carbocycles. The van der Waals surface area contributed by atoms with Crippen molar-refractivity contribution in [2.75, 3.05) is 38.8 Å². The highest BCUT2D eigenvalue weighted by Gasteiger charge is 2.26. The molecule has 0 bridgehead atoms. The third kappa shape index (κ3) is 3.59. The molecular formula is C18H23N5O2. The largest absolute Gasteiger partial charge is 0.480 e. The second kappa shape index (κ2) is 7.99. The zero-order valence-electron chi connectivity index (χ0n) is 14.7. The van der Waals surface area contributed by atoms with Crippen LogP contribution in [0.25, 0.3) is 0 Å². The average molecular weight is 341 g/mol. The van der Waals surface area contributed by atoms with Crippen molar-refractivity contribution in [3.8, 4) is 11.9 Å². The number of aromatic nitrogens is 3. The van der Waals surface area contributed by atoms with E-state index in [4.69, 9.17) is 9.47 Å². The van der Waals surface area contributed by atoms with Gasteiger partial charge in [-0.3, -0.25) is 0 Å². The molecule has 0 amide bonds. The molecule has 1 fully saturated rings. The van der Waals surface area contributed by atoms with Crippen molar-refractivity contribution in [2.45, 2.75) is 25.3 Å².